The van der Waals surface area contributed by atoms with Crippen molar-refractivity contribution in [3.05, 3.63) is 0 Å². The lowest BCUT2D eigenvalue weighted by Gasteiger charge is -2.08. The van der Waals surface area contributed by atoms with Crippen LogP contribution in [0, 0.1) is 11.3 Å². The highest BCUT2D eigenvalue weighted by Gasteiger charge is 2.50. The summed E-state index contributed by atoms with van der Waals surface area (Å²) < 4.78 is 0. The molecule has 1 rings (SSSR count). The number of aliphatic hydroxyl groups excluding tert-OH is 2. The van der Waals surface area contributed by atoms with Crippen molar-refractivity contribution >= 4 is 7.85 Å². The molecular formula is C6H11BO2. The zero-order valence-electron chi connectivity index (χ0n) is 5.38. The molecule has 0 heterocycles. The number of hydrogen-bond acceptors (Lipinski definition) is 2. The summed E-state index contributed by atoms with van der Waals surface area (Å²) in [7, 11) is 5.37. The number of hydrogen-bond donors (Lipinski definition) is 2. The molecule has 0 bridgehead atoms. The summed E-state index contributed by atoms with van der Waals surface area (Å²) in [5.41, 5.74) is -0.116. The fourth-order valence-corrected chi connectivity index (χ4v) is 1.20. The monoisotopic (exact) mass is 126 g/mol. The van der Waals surface area contributed by atoms with Gasteiger partial charge in [0.25, 0.3) is 0 Å². The predicted octanol–water partition coefficient (Wildman–Crippen LogP) is -0.436. The van der Waals surface area contributed by atoms with Crippen molar-refractivity contribution in [2.24, 2.45) is 11.3 Å². The Hall–Kier alpha value is -0.0151. The van der Waals surface area contributed by atoms with E-state index in [4.69, 9.17) is 18.1 Å². The van der Waals surface area contributed by atoms with Crippen LogP contribution >= 0.6 is 0 Å². The second-order valence-electron chi connectivity index (χ2n) is 2.81. The van der Waals surface area contributed by atoms with Crippen molar-refractivity contribution < 1.29 is 10.2 Å². The Kier molecular flexibility index (Phi) is 1.82. The molecule has 1 aliphatic rings. The van der Waals surface area contributed by atoms with Gasteiger partial charge in [0, 0.05) is 13.2 Å². The van der Waals surface area contributed by atoms with Gasteiger partial charge in [0.2, 0.25) is 0 Å². The summed E-state index contributed by atoms with van der Waals surface area (Å²) in [6, 6.07) is 0. The molecule has 0 aromatic rings. The van der Waals surface area contributed by atoms with Crippen LogP contribution in [-0.4, -0.2) is 31.3 Å². The predicted molar refractivity (Wildman–Crippen MR) is 35.3 cm³/mol. The first-order valence-corrected chi connectivity index (χ1v) is 3.21. The van der Waals surface area contributed by atoms with Crippen LogP contribution in [0.15, 0.2) is 0 Å². The first-order valence-electron chi connectivity index (χ1n) is 3.21. The summed E-state index contributed by atoms with van der Waals surface area (Å²) in [5, 5.41) is 17.4. The molecule has 0 aromatic carbocycles. The number of aliphatic hydroxyl groups is 2. The summed E-state index contributed by atoms with van der Waals surface area (Å²) in [4.78, 5) is 0. The maximum atomic E-state index is 8.77. The van der Waals surface area contributed by atoms with Crippen molar-refractivity contribution in [2.75, 3.05) is 13.2 Å². The van der Waals surface area contributed by atoms with Gasteiger partial charge < -0.3 is 10.2 Å². The van der Waals surface area contributed by atoms with Crippen LogP contribution in [0.25, 0.3) is 0 Å². The molecule has 0 spiro atoms. The van der Waals surface area contributed by atoms with Crippen LogP contribution in [-0.2, 0) is 0 Å². The van der Waals surface area contributed by atoms with E-state index >= 15 is 0 Å². The van der Waals surface area contributed by atoms with Crippen LogP contribution in [0.5, 0.6) is 0 Å². The standard InChI is InChI=1S/C6H11BO2/c7-3-6(4-9)1-5(6)2-8/h5,8-9H,1-4H2/t5-,6-/m0/s1. The van der Waals surface area contributed by atoms with Crippen molar-refractivity contribution in [3.8, 4) is 0 Å². The largest absolute Gasteiger partial charge is 0.396 e. The highest BCUT2D eigenvalue weighted by atomic mass is 16.3. The summed E-state index contributed by atoms with van der Waals surface area (Å²) in [5.74, 6) is 0.257. The average Bonchev–Trinajstić information content (AvgIpc) is 2.63. The van der Waals surface area contributed by atoms with Crippen LogP contribution < -0.4 is 0 Å². The Morgan fingerprint density at radius 1 is 1.56 bits per heavy atom. The van der Waals surface area contributed by atoms with E-state index in [9.17, 15) is 0 Å². The lowest BCUT2D eigenvalue weighted by molar-refractivity contribution is 0.185. The van der Waals surface area contributed by atoms with Crippen molar-refractivity contribution in [1.82, 2.24) is 0 Å². The lowest BCUT2D eigenvalue weighted by Crippen LogP contribution is -2.10. The summed E-state index contributed by atoms with van der Waals surface area (Å²) in [6.07, 6.45) is 1.38. The van der Waals surface area contributed by atoms with Crippen LogP contribution in [0.3, 0.4) is 0 Å². The smallest absolute Gasteiger partial charge is 0.0661 e. The van der Waals surface area contributed by atoms with Gasteiger partial charge in [-0.05, 0) is 17.8 Å². The van der Waals surface area contributed by atoms with Crippen LogP contribution in [0.2, 0.25) is 6.32 Å². The average molecular weight is 126 g/mol. The molecule has 0 unspecified atom stereocenters. The first-order chi connectivity index (χ1) is 4.29. The highest BCUT2D eigenvalue weighted by molar-refractivity contribution is 6.09. The van der Waals surface area contributed by atoms with E-state index in [1.165, 1.54) is 0 Å². The van der Waals surface area contributed by atoms with E-state index in [2.05, 4.69) is 0 Å². The third-order valence-corrected chi connectivity index (χ3v) is 2.30. The topological polar surface area (TPSA) is 40.5 Å². The van der Waals surface area contributed by atoms with Gasteiger partial charge in [0.1, 0.15) is 0 Å². The molecule has 0 amide bonds. The van der Waals surface area contributed by atoms with Crippen LogP contribution in [0.1, 0.15) is 6.42 Å². The van der Waals surface area contributed by atoms with Gasteiger partial charge >= 0.3 is 0 Å². The Bertz CT molecular complexity index is 101. The summed E-state index contributed by atoms with van der Waals surface area (Å²) in [6.45, 7) is 0.284. The molecule has 9 heavy (non-hydrogen) atoms. The molecular weight excluding hydrogens is 115 g/mol. The van der Waals surface area contributed by atoms with Gasteiger partial charge in [-0.15, -0.1) is 0 Å². The highest BCUT2D eigenvalue weighted by Crippen LogP contribution is 2.54. The maximum absolute atomic E-state index is 8.77. The Labute approximate surface area is 56.3 Å². The molecule has 2 radical (unpaired) electrons. The van der Waals surface area contributed by atoms with Gasteiger partial charge in [0.15, 0.2) is 0 Å². The second-order valence-corrected chi connectivity index (χ2v) is 2.81. The van der Waals surface area contributed by atoms with Crippen molar-refractivity contribution in [2.45, 2.75) is 12.7 Å². The Morgan fingerprint density at radius 3 is 2.33 bits per heavy atom. The van der Waals surface area contributed by atoms with E-state index < -0.39 is 0 Å². The Balaban J connectivity index is 2.37. The third-order valence-electron chi connectivity index (χ3n) is 2.30. The van der Waals surface area contributed by atoms with E-state index in [1.54, 1.807) is 0 Å². The molecule has 1 fully saturated rings. The second kappa shape index (κ2) is 2.31. The van der Waals surface area contributed by atoms with Crippen LogP contribution in [0.4, 0.5) is 0 Å². The zero-order valence-corrected chi connectivity index (χ0v) is 5.38. The van der Waals surface area contributed by atoms with E-state index in [0.29, 0.717) is 6.32 Å². The first kappa shape index (κ1) is 7.10. The van der Waals surface area contributed by atoms with Gasteiger partial charge in [-0.25, -0.2) is 0 Å². The Morgan fingerprint density at radius 2 is 2.22 bits per heavy atom. The minimum absolute atomic E-state index is 0.116. The molecule has 2 nitrogen and oxygen atoms in total. The molecule has 0 saturated heterocycles. The molecule has 3 heteroatoms. The van der Waals surface area contributed by atoms with E-state index in [1.807, 2.05) is 0 Å². The van der Waals surface area contributed by atoms with Crippen molar-refractivity contribution in [1.29, 1.82) is 0 Å². The molecule has 1 aliphatic carbocycles. The molecule has 2 atom stereocenters. The fraction of sp³-hybridized carbons (Fsp3) is 1.00. The molecule has 2 N–H and O–H groups in total. The minimum atomic E-state index is -0.116. The molecule has 1 saturated carbocycles. The zero-order chi connectivity index (χ0) is 6.91. The molecule has 50 valence electrons. The maximum Gasteiger partial charge on any atom is 0.0661 e. The summed E-state index contributed by atoms with van der Waals surface area (Å²) >= 11 is 0. The third kappa shape index (κ3) is 0.991. The van der Waals surface area contributed by atoms with E-state index in [-0.39, 0.29) is 24.5 Å². The van der Waals surface area contributed by atoms with E-state index in [0.717, 1.165) is 6.42 Å². The quantitative estimate of drug-likeness (QED) is 0.503. The normalized spacial score (nSPS) is 40.9. The van der Waals surface area contributed by atoms with Crippen molar-refractivity contribution in [3.63, 3.8) is 0 Å². The van der Waals surface area contributed by atoms with Gasteiger partial charge in [-0.2, -0.15) is 0 Å². The van der Waals surface area contributed by atoms with Gasteiger partial charge in [-0.1, -0.05) is 6.32 Å². The lowest BCUT2D eigenvalue weighted by atomic mass is 9.87. The fourth-order valence-electron chi connectivity index (χ4n) is 1.20. The molecule has 0 aromatic heterocycles. The minimum Gasteiger partial charge on any atom is -0.396 e. The SMILES string of the molecule is [B]C[C@]1(CO)C[C@H]1CO. The van der Waals surface area contributed by atoms with Gasteiger partial charge in [0.05, 0.1) is 7.85 Å². The number of rotatable bonds is 3. The molecule has 0 aliphatic heterocycles. The van der Waals surface area contributed by atoms with Gasteiger partial charge in [-0.3, -0.25) is 0 Å².